The number of carbonyl (C=O) groups excluding carboxylic acids is 1. The third-order valence-corrected chi connectivity index (χ3v) is 2.56. The van der Waals surface area contributed by atoms with E-state index in [-0.39, 0.29) is 17.4 Å². The van der Waals surface area contributed by atoms with Crippen molar-refractivity contribution in [2.24, 2.45) is 5.73 Å². The van der Waals surface area contributed by atoms with Crippen LogP contribution in [0.5, 0.6) is 0 Å². The standard InChI is InChI=1S/C11H14BrNO2/c1-8(12)10(13)11(14)15-7-9-5-3-2-4-6-9/h2-6,8,10H,7,13H2,1H3. The van der Waals surface area contributed by atoms with Gasteiger partial charge >= 0.3 is 5.97 Å². The Hall–Kier alpha value is -0.870. The summed E-state index contributed by atoms with van der Waals surface area (Å²) >= 11 is 3.24. The Morgan fingerprint density at radius 1 is 1.47 bits per heavy atom. The van der Waals surface area contributed by atoms with Crippen molar-refractivity contribution in [1.29, 1.82) is 0 Å². The van der Waals surface area contributed by atoms with Crippen molar-refractivity contribution in [2.45, 2.75) is 24.4 Å². The van der Waals surface area contributed by atoms with E-state index in [0.29, 0.717) is 0 Å². The van der Waals surface area contributed by atoms with Crippen LogP contribution in [0, 0.1) is 0 Å². The Morgan fingerprint density at radius 2 is 2.07 bits per heavy atom. The lowest BCUT2D eigenvalue weighted by atomic mass is 10.2. The molecule has 1 rings (SSSR count). The predicted molar refractivity (Wildman–Crippen MR) is 62.6 cm³/mol. The Bertz CT molecular complexity index is 314. The van der Waals surface area contributed by atoms with Gasteiger partial charge in [0.1, 0.15) is 12.6 Å². The summed E-state index contributed by atoms with van der Waals surface area (Å²) in [6, 6.07) is 8.89. The van der Waals surface area contributed by atoms with Gasteiger partial charge in [-0.05, 0) is 5.56 Å². The van der Waals surface area contributed by atoms with Crippen molar-refractivity contribution >= 4 is 21.9 Å². The third kappa shape index (κ3) is 4.01. The van der Waals surface area contributed by atoms with Gasteiger partial charge in [0, 0.05) is 4.83 Å². The molecule has 2 unspecified atom stereocenters. The zero-order valence-corrected chi connectivity index (χ0v) is 10.1. The normalized spacial score (nSPS) is 14.3. The summed E-state index contributed by atoms with van der Waals surface area (Å²) in [6.07, 6.45) is 0. The van der Waals surface area contributed by atoms with Crippen LogP contribution in [-0.4, -0.2) is 16.8 Å². The van der Waals surface area contributed by atoms with Crippen molar-refractivity contribution in [3.63, 3.8) is 0 Å². The molecule has 0 aliphatic carbocycles. The van der Waals surface area contributed by atoms with Crippen molar-refractivity contribution in [2.75, 3.05) is 0 Å². The van der Waals surface area contributed by atoms with Gasteiger partial charge in [-0.15, -0.1) is 0 Å². The molecule has 0 saturated heterocycles. The Balaban J connectivity index is 2.41. The van der Waals surface area contributed by atoms with Crippen LogP contribution < -0.4 is 5.73 Å². The summed E-state index contributed by atoms with van der Waals surface area (Å²) < 4.78 is 5.06. The summed E-state index contributed by atoms with van der Waals surface area (Å²) in [5, 5.41) is 0. The third-order valence-electron chi connectivity index (χ3n) is 1.99. The zero-order valence-electron chi connectivity index (χ0n) is 8.52. The first-order valence-corrected chi connectivity index (χ1v) is 5.63. The minimum Gasteiger partial charge on any atom is -0.460 e. The minimum absolute atomic E-state index is 0.0826. The molecule has 4 heteroatoms. The SMILES string of the molecule is CC(Br)C(N)C(=O)OCc1ccccc1. The van der Waals surface area contributed by atoms with Gasteiger partial charge in [-0.1, -0.05) is 53.2 Å². The van der Waals surface area contributed by atoms with Crippen LogP contribution in [0.2, 0.25) is 0 Å². The van der Waals surface area contributed by atoms with E-state index in [1.165, 1.54) is 0 Å². The average Bonchev–Trinajstić information content (AvgIpc) is 2.26. The maximum absolute atomic E-state index is 11.4. The Kier molecular flexibility index (Phi) is 4.78. The maximum Gasteiger partial charge on any atom is 0.324 e. The second-order valence-electron chi connectivity index (χ2n) is 3.30. The van der Waals surface area contributed by atoms with Crippen molar-refractivity contribution in [3.8, 4) is 0 Å². The van der Waals surface area contributed by atoms with Gasteiger partial charge < -0.3 is 10.5 Å². The van der Waals surface area contributed by atoms with Crippen LogP contribution in [0.4, 0.5) is 0 Å². The van der Waals surface area contributed by atoms with Crippen LogP contribution in [0.3, 0.4) is 0 Å². The predicted octanol–water partition coefficient (Wildman–Crippen LogP) is 1.84. The van der Waals surface area contributed by atoms with Crippen LogP contribution in [0.25, 0.3) is 0 Å². The molecule has 0 aromatic heterocycles. The minimum atomic E-state index is -0.617. The highest BCUT2D eigenvalue weighted by Gasteiger charge is 2.19. The van der Waals surface area contributed by atoms with E-state index in [1.54, 1.807) is 0 Å². The molecule has 0 aliphatic rings. The number of rotatable bonds is 4. The molecule has 0 heterocycles. The van der Waals surface area contributed by atoms with Gasteiger partial charge in [0.2, 0.25) is 0 Å². The molecule has 0 saturated carbocycles. The quantitative estimate of drug-likeness (QED) is 0.672. The number of hydrogen-bond donors (Lipinski definition) is 1. The largest absolute Gasteiger partial charge is 0.460 e. The number of halogens is 1. The van der Waals surface area contributed by atoms with Crippen LogP contribution >= 0.6 is 15.9 Å². The maximum atomic E-state index is 11.4. The highest BCUT2D eigenvalue weighted by atomic mass is 79.9. The molecule has 0 spiro atoms. The zero-order chi connectivity index (χ0) is 11.3. The van der Waals surface area contributed by atoms with Crippen LogP contribution in [0.15, 0.2) is 30.3 Å². The first kappa shape index (κ1) is 12.2. The Morgan fingerprint density at radius 3 is 2.60 bits per heavy atom. The molecule has 0 bridgehead atoms. The lowest BCUT2D eigenvalue weighted by Crippen LogP contribution is -2.38. The summed E-state index contributed by atoms with van der Waals surface area (Å²) in [7, 11) is 0. The van der Waals surface area contributed by atoms with E-state index in [9.17, 15) is 4.79 Å². The molecule has 82 valence electrons. The van der Waals surface area contributed by atoms with Gasteiger partial charge in [0.25, 0.3) is 0 Å². The number of benzene rings is 1. The summed E-state index contributed by atoms with van der Waals surface area (Å²) in [5.74, 6) is -0.386. The van der Waals surface area contributed by atoms with E-state index >= 15 is 0 Å². The number of ether oxygens (including phenoxy) is 1. The Labute approximate surface area is 97.7 Å². The number of carbonyl (C=O) groups is 1. The molecule has 2 atom stereocenters. The van der Waals surface area contributed by atoms with Crippen LogP contribution in [-0.2, 0) is 16.1 Å². The van der Waals surface area contributed by atoms with Gasteiger partial charge in [-0.3, -0.25) is 4.79 Å². The number of alkyl halides is 1. The van der Waals surface area contributed by atoms with Gasteiger partial charge in [0.15, 0.2) is 0 Å². The molecule has 15 heavy (non-hydrogen) atoms. The molecule has 0 amide bonds. The van der Waals surface area contributed by atoms with Gasteiger partial charge in [-0.2, -0.15) is 0 Å². The molecular weight excluding hydrogens is 258 g/mol. The molecule has 0 aliphatic heterocycles. The molecule has 2 N–H and O–H groups in total. The number of esters is 1. The molecule has 1 aromatic rings. The summed E-state index contributed by atoms with van der Waals surface area (Å²) in [4.78, 5) is 11.3. The van der Waals surface area contributed by atoms with Crippen molar-refractivity contribution in [3.05, 3.63) is 35.9 Å². The second-order valence-corrected chi connectivity index (χ2v) is 4.74. The first-order valence-electron chi connectivity index (χ1n) is 4.71. The molecule has 0 radical (unpaired) electrons. The monoisotopic (exact) mass is 271 g/mol. The lowest BCUT2D eigenvalue weighted by molar-refractivity contribution is -0.146. The summed E-state index contributed by atoms with van der Waals surface area (Å²) in [6.45, 7) is 2.08. The highest BCUT2D eigenvalue weighted by Crippen LogP contribution is 2.06. The van der Waals surface area contributed by atoms with E-state index in [4.69, 9.17) is 10.5 Å². The highest BCUT2D eigenvalue weighted by molar-refractivity contribution is 9.09. The molecular formula is C11H14BrNO2. The van der Waals surface area contributed by atoms with Crippen LogP contribution in [0.1, 0.15) is 12.5 Å². The van der Waals surface area contributed by atoms with Gasteiger partial charge in [-0.25, -0.2) is 0 Å². The fraction of sp³-hybridized carbons (Fsp3) is 0.364. The fourth-order valence-corrected chi connectivity index (χ4v) is 1.23. The van der Waals surface area contributed by atoms with Crippen molar-refractivity contribution in [1.82, 2.24) is 0 Å². The van der Waals surface area contributed by atoms with E-state index < -0.39 is 6.04 Å². The number of nitrogens with two attached hydrogens (primary N) is 1. The fourth-order valence-electron chi connectivity index (χ4n) is 1.01. The molecule has 3 nitrogen and oxygen atoms in total. The number of hydrogen-bond acceptors (Lipinski definition) is 3. The lowest BCUT2D eigenvalue weighted by Gasteiger charge is -2.13. The topological polar surface area (TPSA) is 52.3 Å². The van der Waals surface area contributed by atoms with Gasteiger partial charge in [0.05, 0.1) is 0 Å². The van der Waals surface area contributed by atoms with E-state index in [1.807, 2.05) is 37.3 Å². The molecule has 1 aromatic carbocycles. The molecule has 0 fully saturated rings. The van der Waals surface area contributed by atoms with E-state index in [2.05, 4.69) is 15.9 Å². The van der Waals surface area contributed by atoms with Crippen molar-refractivity contribution < 1.29 is 9.53 Å². The first-order chi connectivity index (χ1) is 7.11. The van der Waals surface area contributed by atoms with E-state index in [0.717, 1.165) is 5.56 Å². The smallest absolute Gasteiger partial charge is 0.324 e. The summed E-state index contributed by atoms with van der Waals surface area (Å²) in [5.41, 5.74) is 6.56. The average molecular weight is 272 g/mol. The second kappa shape index (κ2) is 5.88.